The first-order valence-electron chi connectivity index (χ1n) is 9.49. The molecule has 1 aliphatic heterocycles. The summed E-state index contributed by atoms with van der Waals surface area (Å²) in [5.41, 5.74) is 7.19. The van der Waals surface area contributed by atoms with Crippen LogP contribution in [0.1, 0.15) is 11.5 Å². The Hall–Kier alpha value is -3.29. The molecule has 0 saturated carbocycles. The Morgan fingerprint density at radius 3 is 2.24 bits per heavy atom. The highest BCUT2D eigenvalue weighted by molar-refractivity contribution is 9.11. The number of nitrogens with two attached hydrogens (primary N) is 1. The van der Waals surface area contributed by atoms with E-state index in [-0.39, 0.29) is 22.7 Å². The standard InChI is InChI=1S/C23H19Br2N3O5/c1-31-16-10-13(24)9-15(25)19(16)28-20(23(30)33-3)18(22(29)32-2)17(14(11-26)21(28)27)12-7-5-4-6-8-12/h4-10,17H,27H2,1-3H3. The Bertz CT molecular complexity index is 1220. The van der Waals surface area contributed by atoms with E-state index in [4.69, 9.17) is 19.9 Å². The lowest BCUT2D eigenvalue weighted by Crippen LogP contribution is -2.41. The number of nitriles is 1. The summed E-state index contributed by atoms with van der Waals surface area (Å²) < 4.78 is 16.8. The molecule has 0 radical (unpaired) electrons. The number of nitrogens with zero attached hydrogens (tertiary/aromatic N) is 2. The average molecular weight is 577 g/mol. The molecule has 0 saturated heterocycles. The molecule has 3 rings (SSSR count). The van der Waals surface area contributed by atoms with Gasteiger partial charge < -0.3 is 19.9 Å². The van der Waals surface area contributed by atoms with Gasteiger partial charge in [0.2, 0.25) is 0 Å². The minimum Gasteiger partial charge on any atom is -0.494 e. The second-order valence-electron chi connectivity index (χ2n) is 6.77. The molecule has 0 aromatic heterocycles. The molecule has 0 bridgehead atoms. The van der Waals surface area contributed by atoms with Gasteiger partial charge in [0, 0.05) is 8.95 Å². The van der Waals surface area contributed by atoms with Crippen molar-refractivity contribution in [1.82, 2.24) is 0 Å². The molecule has 170 valence electrons. The maximum atomic E-state index is 13.1. The van der Waals surface area contributed by atoms with Crippen molar-refractivity contribution in [2.24, 2.45) is 5.73 Å². The molecule has 10 heteroatoms. The van der Waals surface area contributed by atoms with Crippen LogP contribution >= 0.6 is 31.9 Å². The zero-order valence-corrected chi connectivity index (χ0v) is 21.1. The fourth-order valence-electron chi connectivity index (χ4n) is 3.66. The van der Waals surface area contributed by atoms with Crippen molar-refractivity contribution in [3.63, 3.8) is 0 Å². The number of esters is 2. The van der Waals surface area contributed by atoms with Crippen molar-refractivity contribution < 1.29 is 23.8 Å². The van der Waals surface area contributed by atoms with E-state index < -0.39 is 17.9 Å². The number of rotatable bonds is 5. The molecule has 2 N–H and O–H groups in total. The number of ether oxygens (including phenoxy) is 3. The molecular weight excluding hydrogens is 558 g/mol. The van der Waals surface area contributed by atoms with Crippen LogP contribution in [0.25, 0.3) is 0 Å². The number of allylic oxidation sites excluding steroid dienone is 1. The molecule has 1 aliphatic rings. The largest absolute Gasteiger partial charge is 0.494 e. The predicted octanol–water partition coefficient (Wildman–Crippen LogP) is 4.12. The Morgan fingerprint density at radius 1 is 1.06 bits per heavy atom. The lowest BCUT2D eigenvalue weighted by molar-refractivity contribution is -0.139. The Balaban J connectivity index is 2.49. The maximum Gasteiger partial charge on any atom is 0.355 e. The lowest BCUT2D eigenvalue weighted by atomic mass is 9.81. The van der Waals surface area contributed by atoms with E-state index >= 15 is 0 Å². The fourth-order valence-corrected chi connectivity index (χ4v) is 5.02. The first-order valence-corrected chi connectivity index (χ1v) is 11.1. The number of benzene rings is 2. The van der Waals surface area contributed by atoms with E-state index in [1.165, 1.54) is 26.2 Å². The zero-order chi connectivity index (χ0) is 24.3. The Morgan fingerprint density at radius 2 is 1.70 bits per heavy atom. The molecular formula is C23H19Br2N3O5. The second kappa shape index (κ2) is 10.1. The van der Waals surface area contributed by atoms with Crippen LogP contribution < -0.4 is 15.4 Å². The molecule has 0 spiro atoms. The van der Waals surface area contributed by atoms with Crippen molar-refractivity contribution in [3.8, 4) is 11.8 Å². The van der Waals surface area contributed by atoms with Crippen molar-refractivity contribution >= 4 is 49.5 Å². The Kier molecular flexibility index (Phi) is 7.46. The molecule has 33 heavy (non-hydrogen) atoms. The normalized spacial score (nSPS) is 15.8. The van der Waals surface area contributed by atoms with Crippen molar-refractivity contribution in [3.05, 3.63) is 79.6 Å². The van der Waals surface area contributed by atoms with E-state index in [1.807, 2.05) is 0 Å². The molecule has 2 aromatic carbocycles. The summed E-state index contributed by atoms with van der Waals surface area (Å²) in [6, 6.07) is 14.3. The highest BCUT2D eigenvalue weighted by Gasteiger charge is 2.44. The summed E-state index contributed by atoms with van der Waals surface area (Å²) in [5, 5.41) is 10.1. The van der Waals surface area contributed by atoms with Gasteiger partial charge >= 0.3 is 11.9 Å². The third-order valence-corrected chi connectivity index (χ3v) is 6.11. The van der Waals surface area contributed by atoms with Crippen molar-refractivity contribution in [1.29, 1.82) is 5.26 Å². The molecule has 1 unspecified atom stereocenters. The SMILES string of the molecule is COC(=O)C1=C(C(=O)OC)N(c2c(Br)cc(Br)cc2OC)C(N)=C(C#N)C1c1ccccc1. The summed E-state index contributed by atoms with van der Waals surface area (Å²) >= 11 is 6.87. The highest BCUT2D eigenvalue weighted by atomic mass is 79.9. The van der Waals surface area contributed by atoms with Gasteiger partial charge in [-0.2, -0.15) is 5.26 Å². The van der Waals surface area contributed by atoms with Crippen LogP contribution in [0.2, 0.25) is 0 Å². The topological polar surface area (TPSA) is 115 Å². The third kappa shape index (κ3) is 4.34. The van der Waals surface area contributed by atoms with E-state index in [0.717, 1.165) is 0 Å². The molecule has 8 nitrogen and oxygen atoms in total. The summed E-state index contributed by atoms with van der Waals surface area (Å²) in [7, 11) is 3.83. The number of halogens is 2. The van der Waals surface area contributed by atoms with Gasteiger partial charge in [0.1, 0.15) is 23.0 Å². The van der Waals surface area contributed by atoms with Gasteiger partial charge in [-0.05, 0) is 33.6 Å². The Labute approximate surface area is 207 Å². The lowest BCUT2D eigenvalue weighted by Gasteiger charge is -2.36. The summed E-state index contributed by atoms with van der Waals surface area (Å²) in [4.78, 5) is 27.5. The number of carbonyl (C=O) groups excluding carboxylic acids is 2. The number of anilines is 1. The van der Waals surface area contributed by atoms with Gasteiger partial charge in [0.25, 0.3) is 0 Å². The van der Waals surface area contributed by atoms with Gasteiger partial charge in [-0.15, -0.1) is 0 Å². The van der Waals surface area contributed by atoms with Gasteiger partial charge in [-0.1, -0.05) is 46.3 Å². The van der Waals surface area contributed by atoms with Crippen LogP contribution in [0.5, 0.6) is 5.75 Å². The van der Waals surface area contributed by atoms with Crippen LogP contribution in [-0.4, -0.2) is 33.3 Å². The molecule has 1 heterocycles. The summed E-state index contributed by atoms with van der Waals surface area (Å²) in [6.07, 6.45) is 0. The van der Waals surface area contributed by atoms with Gasteiger partial charge in [-0.25, -0.2) is 9.59 Å². The highest BCUT2D eigenvalue weighted by Crippen LogP contribution is 2.48. The summed E-state index contributed by atoms with van der Waals surface area (Å²) in [6.45, 7) is 0. The third-order valence-electron chi connectivity index (χ3n) is 5.05. The number of carbonyl (C=O) groups is 2. The fraction of sp³-hybridized carbons (Fsp3) is 0.174. The predicted molar refractivity (Wildman–Crippen MR) is 128 cm³/mol. The van der Waals surface area contributed by atoms with Gasteiger partial charge in [-0.3, -0.25) is 4.90 Å². The quantitative estimate of drug-likeness (QED) is 0.529. The number of hydrogen-bond donors (Lipinski definition) is 1. The van der Waals surface area contributed by atoms with Crippen LogP contribution in [0.15, 0.2) is 74.1 Å². The van der Waals surface area contributed by atoms with E-state index in [2.05, 4.69) is 37.9 Å². The minimum absolute atomic E-state index is 0.0549. The minimum atomic E-state index is -0.950. The number of hydrogen-bond acceptors (Lipinski definition) is 8. The molecule has 2 aromatic rings. The average Bonchev–Trinajstić information content (AvgIpc) is 2.82. The second-order valence-corrected chi connectivity index (χ2v) is 8.54. The van der Waals surface area contributed by atoms with Gasteiger partial charge in [0.15, 0.2) is 0 Å². The molecule has 1 atom stereocenters. The van der Waals surface area contributed by atoms with Crippen LogP contribution in [-0.2, 0) is 19.1 Å². The van der Waals surface area contributed by atoms with Crippen LogP contribution in [0, 0.1) is 11.3 Å². The first-order chi connectivity index (χ1) is 15.8. The van der Waals surface area contributed by atoms with Gasteiger partial charge in [0.05, 0.1) is 44.5 Å². The van der Waals surface area contributed by atoms with Crippen molar-refractivity contribution in [2.45, 2.75) is 5.92 Å². The molecule has 0 aliphatic carbocycles. The monoisotopic (exact) mass is 575 g/mol. The smallest absolute Gasteiger partial charge is 0.355 e. The number of methoxy groups -OCH3 is 3. The van der Waals surface area contributed by atoms with Crippen LogP contribution in [0.3, 0.4) is 0 Å². The zero-order valence-electron chi connectivity index (χ0n) is 17.9. The summed E-state index contributed by atoms with van der Waals surface area (Å²) in [5.74, 6) is -2.33. The van der Waals surface area contributed by atoms with Crippen LogP contribution in [0.4, 0.5) is 5.69 Å². The van der Waals surface area contributed by atoms with Crippen molar-refractivity contribution in [2.75, 3.05) is 26.2 Å². The maximum absolute atomic E-state index is 13.1. The first kappa shape index (κ1) is 24.4. The molecule has 0 fully saturated rings. The molecule has 0 amide bonds. The van der Waals surface area contributed by atoms with E-state index in [0.29, 0.717) is 25.9 Å². The van der Waals surface area contributed by atoms with E-state index in [9.17, 15) is 14.9 Å². The van der Waals surface area contributed by atoms with E-state index in [1.54, 1.807) is 42.5 Å².